The Morgan fingerprint density at radius 1 is 1.06 bits per heavy atom. The molecule has 2 heterocycles. The Hall–Kier alpha value is -3.24. The molecular formula is C23H27N5O4S. The van der Waals surface area contributed by atoms with Crippen LogP contribution in [-0.2, 0) is 10.0 Å². The van der Waals surface area contributed by atoms with Gasteiger partial charge in [0.05, 0.1) is 16.3 Å². The number of nitrogens with zero attached hydrogens (tertiary/aromatic N) is 4. The fourth-order valence-electron chi connectivity index (χ4n) is 3.79. The van der Waals surface area contributed by atoms with Crippen LogP contribution in [0.4, 0.5) is 11.4 Å². The lowest BCUT2D eigenvalue weighted by molar-refractivity contribution is 0.102. The molecular weight excluding hydrogens is 442 g/mol. The lowest BCUT2D eigenvalue weighted by Gasteiger charge is -2.26. The molecule has 10 heteroatoms. The first-order chi connectivity index (χ1) is 15.8. The highest BCUT2D eigenvalue weighted by Crippen LogP contribution is 2.30. The van der Waals surface area contributed by atoms with Gasteiger partial charge in [-0.25, -0.2) is 8.42 Å². The minimum atomic E-state index is -3.62. The number of hydrogen-bond acceptors (Lipinski definition) is 7. The van der Waals surface area contributed by atoms with Crippen molar-refractivity contribution in [1.82, 2.24) is 14.4 Å². The van der Waals surface area contributed by atoms with E-state index in [0.717, 1.165) is 19.3 Å². The maximum Gasteiger partial charge on any atom is 0.257 e. The molecule has 2 aromatic carbocycles. The van der Waals surface area contributed by atoms with Crippen molar-refractivity contribution in [3.8, 4) is 11.5 Å². The predicted molar refractivity (Wildman–Crippen MR) is 126 cm³/mol. The van der Waals surface area contributed by atoms with Gasteiger partial charge in [-0.3, -0.25) is 4.79 Å². The number of aromatic nitrogens is 2. The summed E-state index contributed by atoms with van der Waals surface area (Å²) in [5.41, 5.74) is 2.26. The predicted octanol–water partition coefficient (Wildman–Crippen LogP) is 3.54. The molecule has 33 heavy (non-hydrogen) atoms. The zero-order valence-corrected chi connectivity index (χ0v) is 19.7. The number of anilines is 2. The molecule has 0 radical (unpaired) electrons. The summed E-state index contributed by atoms with van der Waals surface area (Å²) in [5.74, 6) is 0.561. The standard InChI is InChI=1S/C23H27N5O4S/c1-16-24-23(32-26-16)18-9-7-17(8-10-18)22(29)25-20-15-19(11-12-21(20)27(2)3)33(30,31)28-13-5-4-6-14-28/h7-12,15H,4-6,13-14H2,1-3H3,(H,25,29). The maximum absolute atomic E-state index is 13.1. The van der Waals surface area contributed by atoms with Crippen LogP contribution in [0, 0.1) is 6.92 Å². The topological polar surface area (TPSA) is 109 Å². The summed E-state index contributed by atoms with van der Waals surface area (Å²) in [4.78, 5) is 19.1. The summed E-state index contributed by atoms with van der Waals surface area (Å²) in [6, 6.07) is 11.6. The number of carbonyl (C=O) groups is 1. The number of aryl methyl sites for hydroxylation is 1. The molecule has 1 N–H and O–H groups in total. The van der Waals surface area contributed by atoms with Crippen molar-refractivity contribution in [2.24, 2.45) is 0 Å². The summed E-state index contributed by atoms with van der Waals surface area (Å²) in [6.07, 6.45) is 2.76. The number of carbonyl (C=O) groups excluding carboxylic acids is 1. The van der Waals surface area contributed by atoms with Gasteiger partial charge in [-0.2, -0.15) is 9.29 Å². The van der Waals surface area contributed by atoms with Crippen LogP contribution in [0.1, 0.15) is 35.4 Å². The number of nitrogens with one attached hydrogen (secondary N) is 1. The molecule has 0 saturated carbocycles. The second-order valence-electron chi connectivity index (χ2n) is 8.22. The Labute approximate surface area is 193 Å². The number of rotatable bonds is 6. The summed E-state index contributed by atoms with van der Waals surface area (Å²) in [6.45, 7) is 2.77. The molecule has 174 valence electrons. The van der Waals surface area contributed by atoms with Gasteiger partial charge in [-0.1, -0.05) is 11.6 Å². The Morgan fingerprint density at radius 2 is 1.76 bits per heavy atom. The largest absolute Gasteiger partial charge is 0.376 e. The van der Waals surface area contributed by atoms with E-state index in [1.54, 1.807) is 43.3 Å². The Morgan fingerprint density at radius 3 is 2.36 bits per heavy atom. The van der Waals surface area contributed by atoms with Crippen LogP contribution >= 0.6 is 0 Å². The highest BCUT2D eigenvalue weighted by Gasteiger charge is 2.27. The van der Waals surface area contributed by atoms with Crippen LogP contribution < -0.4 is 10.2 Å². The summed E-state index contributed by atoms with van der Waals surface area (Å²) in [7, 11) is 0.0551. The van der Waals surface area contributed by atoms with E-state index in [1.165, 1.54) is 10.4 Å². The van der Waals surface area contributed by atoms with Gasteiger partial charge in [-0.05, 0) is 62.2 Å². The molecule has 3 aromatic rings. The molecule has 1 aromatic heterocycles. The number of amides is 1. The van der Waals surface area contributed by atoms with Crippen molar-refractivity contribution < 1.29 is 17.7 Å². The van der Waals surface area contributed by atoms with Gasteiger partial charge >= 0.3 is 0 Å². The molecule has 1 amide bonds. The SMILES string of the molecule is Cc1noc(-c2ccc(C(=O)Nc3cc(S(=O)(=O)N4CCCCC4)ccc3N(C)C)cc2)n1. The summed E-state index contributed by atoms with van der Waals surface area (Å²) >= 11 is 0. The van der Waals surface area contributed by atoms with Gasteiger partial charge in [0, 0.05) is 38.3 Å². The molecule has 0 bridgehead atoms. The second kappa shape index (κ2) is 9.32. The van der Waals surface area contributed by atoms with E-state index in [1.807, 2.05) is 19.0 Å². The van der Waals surface area contributed by atoms with Crippen molar-refractivity contribution in [1.29, 1.82) is 0 Å². The second-order valence-corrected chi connectivity index (χ2v) is 10.2. The van der Waals surface area contributed by atoms with Crippen LogP contribution in [0.15, 0.2) is 51.9 Å². The molecule has 0 spiro atoms. The van der Waals surface area contributed by atoms with E-state index < -0.39 is 10.0 Å². The van der Waals surface area contributed by atoms with Crippen LogP contribution in [-0.4, -0.2) is 56.0 Å². The van der Waals surface area contributed by atoms with Gasteiger partial charge < -0.3 is 14.7 Å². The first-order valence-corrected chi connectivity index (χ1v) is 12.2. The third kappa shape index (κ3) is 4.91. The molecule has 0 aliphatic carbocycles. The fraction of sp³-hybridized carbons (Fsp3) is 0.348. The highest BCUT2D eigenvalue weighted by molar-refractivity contribution is 7.89. The molecule has 9 nitrogen and oxygen atoms in total. The van der Waals surface area contributed by atoms with Crippen molar-refractivity contribution in [2.75, 3.05) is 37.4 Å². The molecule has 1 fully saturated rings. The van der Waals surface area contributed by atoms with Gasteiger partial charge in [0.15, 0.2) is 5.82 Å². The van der Waals surface area contributed by atoms with E-state index >= 15 is 0 Å². The molecule has 1 aliphatic rings. The summed E-state index contributed by atoms with van der Waals surface area (Å²) < 4.78 is 32.9. The third-order valence-corrected chi connectivity index (χ3v) is 7.47. The van der Waals surface area contributed by atoms with Gasteiger partial charge in [0.1, 0.15) is 0 Å². The molecule has 0 unspecified atom stereocenters. The van der Waals surface area contributed by atoms with Crippen LogP contribution in [0.5, 0.6) is 0 Å². The van der Waals surface area contributed by atoms with Crippen molar-refractivity contribution in [3.63, 3.8) is 0 Å². The first kappa shape index (κ1) is 22.9. The smallest absolute Gasteiger partial charge is 0.257 e. The number of sulfonamides is 1. The van der Waals surface area contributed by atoms with Crippen LogP contribution in [0.2, 0.25) is 0 Å². The van der Waals surface area contributed by atoms with Gasteiger partial charge in [0.25, 0.3) is 11.8 Å². The Bertz CT molecular complexity index is 1250. The lowest BCUT2D eigenvalue weighted by atomic mass is 10.1. The molecule has 4 rings (SSSR count). The minimum Gasteiger partial charge on any atom is -0.376 e. The summed E-state index contributed by atoms with van der Waals surface area (Å²) in [5, 5.41) is 6.64. The van der Waals surface area contributed by atoms with E-state index in [0.29, 0.717) is 47.3 Å². The average molecular weight is 470 g/mol. The maximum atomic E-state index is 13.1. The number of benzene rings is 2. The van der Waals surface area contributed by atoms with E-state index in [4.69, 9.17) is 4.52 Å². The Kier molecular flexibility index (Phi) is 6.48. The molecule has 1 aliphatic heterocycles. The zero-order valence-electron chi connectivity index (χ0n) is 18.9. The third-order valence-electron chi connectivity index (χ3n) is 5.57. The first-order valence-electron chi connectivity index (χ1n) is 10.8. The highest BCUT2D eigenvalue weighted by atomic mass is 32.2. The lowest BCUT2D eigenvalue weighted by Crippen LogP contribution is -2.35. The van der Waals surface area contributed by atoms with Gasteiger partial charge in [0.2, 0.25) is 10.0 Å². The van der Waals surface area contributed by atoms with Crippen molar-refractivity contribution in [3.05, 3.63) is 53.9 Å². The molecule has 1 saturated heterocycles. The molecule has 0 atom stereocenters. The fourth-order valence-corrected chi connectivity index (χ4v) is 5.34. The van der Waals surface area contributed by atoms with Crippen LogP contribution in [0.25, 0.3) is 11.5 Å². The average Bonchev–Trinajstić information content (AvgIpc) is 3.25. The van der Waals surface area contributed by atoms with Gasteiger partial charge in [-0.15, -0.1) is 0 Å². The number of piperidine rings is 1. The monoisotopic (exact) mass is 469 g/mol. The van der Waals surface area contributed by atoms with E-state index in [2.05, 4.69) is 15.5 Å². The quantitative estimate of drug-likeness (QED) is 0.588. The van der Waals surface area contributed by atoms with Crippen LogP contribution in [0.3, 0.4) is 0 Å². The van der Waals surface area contributed by atoms with Crippen molar-refractivity contribution >= 4 is 27.3 Å². The Balaban J connectivity index is 1.59. The zero-order chi connectivity index (χ0) is 23.6. The minimum absolute atomic E-state index is 0.174. The van der Waals surface area contributed by atoms with E-state index in [9.17, 15) is 13.2 Å². The number of hydrogen-bond donors (Lipinski definition) is 1. The normalized spacial score (nSPS) is 14.8. The van der Waals surface area contributed by atoms with E-state index in [-0.39, 0.29) is 10.8 Å². The van der Waals surface area contributed by atoms with Crippen molar-refractivity contribution in [2.45, 2.75) is 31.1 Å².